The van der Waals surface area contributed by atoms with Gasteiger partial charge in [-0.2, -0.15) is 0 Å². The maximum atomic E-state index is 10.2. The highest BCUT2D eigenvalue weighted by Crippen LogP contribution is 2.55. The van der Waals surface area contributed by atoms with Crippen LogP contribution in [0, 0.1) is 11.8 Å². The predicted octanol–water partition coefficient (Wildman–Crippen LogP) is 2.66. The second kappa shape index (κ2) is 3.11. The van der Waals surface area contributed by atoms with Crippen molar-refractivity contribution in [2.24, 2.45) is 11.8 Å². The molecule has 16 heavy (non-hydrogen) atoms. The molecule has 5 atom stereocenters. The van der Waals surface area contributed by atoms with Gasteiger partial charge in [-0.15, -0.1) is 0 Å². The van der Waals surface area contributed by atoms with Crippen LogP contribution in [0.5, 0.6) is 0 Å². The number of rotatable bonds is 0. The van der Waals surface area contributed by atoms with Crippen LogP contribution in [0.15, 0.2) is 12.2 Å². The van der Waals surface area contributed by atoms with Gasteiger partial charge in [-0.25, -0.2) is 0 Å². The molecule has 2 aliphatic carbocycles. The highest BCUT2D eigenvalue weighted by atomic mass is 16.6. The summed E-state index contributed by atoms with van der Waals surface area (Å²) < 4.78 is 5.78. The minimum atomic E-state index is -0.460. The van der Waals surface area contributed by atoms with Crippen molar-refractivity contribution in [3.8, 4) is 0 Å². The van der Waals surface area contributed by atoms with E-state index in [9.17, 15) is 5.11 Å². The molecule has 1 heterocycles. The monoisotopic (exact) mass is 222 g/mol. The molecule has 3 fully saturated rings. The molecule has 0 radical (unpaired) electrons. The van der Waals surface area contributed by atoms with Crippen molar-refractivity contribution in [1.29, 1.82) is 0 Å². The summed E-state index contributed by atoms with van der Waals surface area (Å²) in [5, 5.41) is 10.2. The van der Waals surface area contributed by atoms with Gasteiger partial charge in [0.05, 0.1) is 17.3 Å². The van der Waals surface area contributed by atoms with Crippen molar-refractivity contribution in [3.05, 3.63) is 12.2 Å². The molecule has 3 rings (SSSR count). The average molecular weight is 222 g/mol. The maximum absolute atomic E-state index is 10.2. The van der Waals surface area contributed by atoms with Crippen LogP contribution in [0.3, 0.4) is 0 Å². The zero-order chi connectivity index (χ0) is 11.6. The van der Waals surface area contributed by atoms with Crippen molar-refractivity contribution in [3.63, 3.8) is 0 Å². The first-order valence-corrected chi connectivity index (χ1v) is 6.50. The van der Waals surface area contributed by atoms with Crippen molar-refractivity contribution in [1.82, 2.24) is 0 Å². The topological polar surface area (TPSA) is 32.8 Å². The van der Waals surface area contributed by atoms with E-state index < -0.39 is 5.60 Å². The maximum Gasteiger partial charge on any atom is 0.0920 e. The number of fused-ring (bicyclic) bond motifs is 2. The van der Waals surface area contributed by atoms with Crippen LogP contribution in [0.1, 0.15) is 46.0 Å². The molecule has 90 valence electrons. The van der Waals surface area contributed by atoms with Gasteiger partial charge in [-0.1, -0.05) is 12.2 Å². The van der Waals surface area contributed by atoms with E-state index in [0.717, 1.165) is 32.1 Å². The van der Waals surface area contributed by atoms with Crippen LogP contribution in [-0.4, -0.2) is 22.4 Å². The van der Waals surface area contributed by atoms with E-state index in [2.05, 4.69) is 13.5 Å². The lowest BCUT2D eigenvalue weighted by Crippen LogP contribution is -2.52. The lowest BCUT2D eigenvalue weighted by molar-refractivity contribution is -0.117. The van der Waals surface area contributed by atoms with Crippen molar-refractivity contribution in [2.75, 3.05) is 0 Å². The largest absolute Gasteiger partial charge is 0.390 e. The molecule has 0 aromatic rings. The zero-order valence-corrected chi connectivity index (χ0v) is 10.3. The standard InChI is InChI=1S/C14H22O2/c1-9-4-5-12-14(3,16-12)7-6-11-10(9)8-13(11,2)15/h10-12,15H,1,4-8H2,2-3H3/t10-,11-,12-,13-,14+/m1/s1. The third-order valence-corrected chi connectivity index (χ3v) is 5.16. The quantitative estimate of drug-likeness (QED) is 0.505. The van der Waals surface area contributed by atoms with Crippen molar-refractivity contribution >= 4 is 0 Å². The predicted molar refractivity (Wildman–Crippen MR) is 63.1 cm³/mol. The van der Waals surface area contributed by atoms with E-state index >= 15 is 0 Å². The van der Waals surface area contributed by atoms with Gasteiger partial charge in [0, 0.05) is 0 Å². The molecule has 1 saturated heterocycles. The third kappa shape index (κ3) is 1.46. The summed E-state index contributed by atoms with van der Waals surface area (Å²) in [7, 11) is 0. The number of hydrogen-bond acceptors (Lipinski definition) is 2. The number of allylic oxidation sites excluding steroid dienone is 1. The molecular formula is C14H22O2. The van der Waals surface area contributed by atoms with Crippen LogP contribution < -0.4 is 0 Å². The second-order valence-electron chi connectivity index (χ2n) is 6.43. The van der Waals surface area contributed by atoms with Crippen LogP contribution >= 0.6 is 0 Å². The Bertz CT molecular complexity index is 334. The van der Waals surface area contributed by atoms with Gasteiger partial charge in [-0.05, 0) is 57.8 Å². The molecule has 0 aromatic heterocycles. The summed E-state index contributed by atoms with van der Waals surface area (Å²) in [4.78, 5) is 0. The molecule has 0 spiro atoms. The summed E-state index contributed by atoms with van der Waals surface area (Å²) in [5.41, 5.74) is 0.996. The average Bonchev–Trinajstić information content (AvgIpc) is 2.82. The van der Waals surface area contributed by atoms with Gasteiger partial charge in [0.2, 0.25) is 0 Å². The third-order valence-electron chi connectivity index (χ3n) is 5.16. The molecule has 2 saturated carbocycles. The first kappa shape index (κ1) is 10.8. The van der Waals surface area contributed by atoms with E-state index in [1.165, 1.54) is 5.57 Å². The van der Waals surface area contributed by atoms with Gasteiger partial charge in [0.15, 0.2) is 0 Å². The first-order valence-electron chi connectivity index (χ1n) is 6.50. The molecule has 0 unspecified atom stereocenters. The molecule has 1 N–H and O–H groups in total. The van der Waals surface area contributed by atoms with Gasteiger partial charge >= 0.3 is 0 Å². The lowest BCUT2D eigenvalue weighted by atomic mass is 9.58. The molecular weight excluding hydrogens is 200 g/mol. The lowest BCUT2D eigenvalue weighted by Gasteiger charge is -2.51. The molecule has 2 heteroatoms. The van der Waals surface area contributed by atoms with Crippen LogP contribution in [0.2, 0.25) is 0 Å². The summed E-state index contributed by atoms with van der Waals surface area (Å²) in [6, 6.07) is 0. The van der Waals surface area contributed by atoms with Crippen LogP contribution in [-0.2, 0) is 4.74 Å². The molecule has 0 amide bonds. The second-order valence-corrected chi connectivity index (χ2v) is 6.43. The van der Waals surface area contributed by atoms with E-state index in [1.54, 1.807) is 0 Å². The SMILES string of the molecule is C=C1CC[C@H]2O[C@@]2(C)CC[C@@H]2[C@@H]1C[C@@]2(C)O. The first-order chi connectivity index (χ1) is 7.42. The number of epoxide rings is 1. The minimum absolute atomic E-state index is 0.112. The molecule has 3 aliphatic rings. The van der Waals surface area contributed by atoms with E-state index in [1.807, 2.05) is 6.92 Å². The number of ether oxygens (including phenoxy) is 1. The zero-order valence-electron chi connectivity index (χ0n) is 10.3. The number of hydrogen-bond donors (Lipinski definition) is 1. The number of aliphatic hydroxyl groups is 1. The fraction of sp³-hybridized carbons (Fsp3) is 0.857. The normalized spacial score (nSPS) is 56.2. The Morgan fingerprint density at radius 2 is 2.12 bits per heavy atom. The Labute approximate surface area is 97.7 Å². The van der Waals surface area contributed by atoms with Gasteiger partial charge in [-0.3, -0.25) is 0 Å². The van der Waals surface area contributed by atoms with E-state index in [0.29, 0.717) is 17.9 Å². The Balaban J connectivity index is 1.78. The smallest absolute Gasteiger partial charge is 0.0920 e. The van der Waals surface area contributed by atoms with Gasteiger partial charge < -0.3 is 9.84 Å². The summed E-state index contributed by atoms with van der Waals surface area (Å²) in [5.74, 6) is 0.982. The van der Waals surface area contributed by atoms with Crippen LogP contribution in [0.25, 0.3) is 0 Å². The van der Waals surface area contributed by atoms with Crippen molar-refractivity contribution in [2.45, 2.75) is 63.3 Å². The fourth-order valence-corrected chi connectivity index (χ4v) is 3.77. The Kier molecular flexibility index (Phi) is 2.10. The minimum Gasteiger partial charge on any atom is -0.390 e. The van der Waals surface area contributed by atoms with Crippen LogP contribution in [0.4, 0.5) is 0 Å². The van der Waals surface area contributed by atoms with Gasteiger partial charge in [0.1, 0.15) is 0 Å². The Morgan fingerprint density at radius 3 is 2.81 bits per heavy atom. The van der Waals surface area contributed by atoms with Gasteiger partial charge in [0.25, 0.3) is 0 Å². The molecule has 0 aromatic carbocycles. The van der Waals surface area contributed by atoms with E-state index in [-0.39, 0.29) is 5.60 Å². The summed E-state index contributed by atoms with van der Waals surface area (Å²) >= 11 is 0. The van der Waals surface area contributed by atoms with E-state index in [4.69, 9.17) is 4.74 Å². The molecule has 0 bridgehead atoms. The highest BCUT2D eigenvalue weighted by molar-refractivity contribution is 5.17. The summed E-state index contributed by atoms with van der Waals surface area (Å²) in [6.07, 6.45) is 5.76. The fourth-order valence-electron chi connectivity index (χ4n) is 3.77. The Morgan fingerprint density at radius 1 is 1.38 bits per heavy atom. The van der Waals surface area contributed by atoms with Crippen molar-refractivity contribution < 1.29 is 9.84 Å². The summed E-state index contributed by atoms with van der Waals surface area (Å²) in [6.45, 7) is 8.41. The molecule has 2 nitrogen and oxygen atoms in total. The Hall–Kier alpha value is -0.340. The molecule has 1 aliphatic heterocycles. The highest BCUT2D eigenvalue weighted by Gasteiger charge is 2.56.